The van der Waals surface area contributed by atoms with Crippen LogP contribution in [0.2, 0.25) is 0 Å². The SMILES string of the molecule is [2H]C([2H])(Cl)CN(CCCl)P1(=O)NCC([2H])([2H])CO1. The maximum atomic E-state index is 12.4. The third-order valence-electron chi connectivity index (χ3n) is 1.70. The molecule has 0 aromatic carbocycles. The molecule has 0 bridgehead atoms. The zero-order chi connectivity index (χ0) is 14.0. The first-order valence-electron chi connectivity index (χ1n) is 6.08. The summed E-state index contributed by atoms with van der Waals surface area (Å²) in [5, 5.41) is 2.49. The van der Waals surface area contributed by atoms with Gasteiger partial charge in [0.1, 0.15) is 0 Å². The molecule has 1 fully saturated rings. The predicted molar refractivity (Wildman–Crippen MR) is 59.2 cm³/mol. The topological polar surface area (TPSA) is 41.6 Å². The van der Waals surface area contributed by atoms with Gasteiger partial charge in [0.15, 0.2) is 0 Å². The van der Waals surface area contributed by atoms with Crippen molar-refractivity contribution in [2.75, 3.05) is 38.0 Å². The molecule has 0 aromatic rings. The third kappa shape index (κ3) is 3.37. The second-order valence-corrected chi connectivity index (χ2v) is 5.42. The van der Waals surface area contributed by atoms with Crippen molar-refractivity contribution in [3.05, 3.63) is 0 Å². The van der Waals surface area contributed by atoms with E-state index in [4.69, 9.17) is 33.2 Å². The standard InChI is InChI=1S/C7H15Cl2N2O2P/c8-2-5-11(6-3-9)14(12)10-4-1-7-13-14/h1-7H2,(H,10,12)/i1D2,2D2. The van der Waals surface area contributed by atoms with Crippen LogP contribution in [0.5, 0.6) is 0 Å². The van der Waals surface area contributed by atoms with Gasteiger partial charge in [-0.3, -0.25) is 4.57 Å². The van der Waals surface area contributed by atoms with E-state index in [1.54, 1.807) is 0 Å². The third-order valence-corrected chi connectivity index (χ3v) is 4.11. The second kappa shape index (κ2) is 6.31. The van der Waals surface area contributed by atoms with Crippen LogP contribution in [0.4, 0.5) is 0 Å². The summed E-state index contributed by atoms with van der Waals surface area (Å²) in [6.45, 7) is -0.648. The van der Waals surface area contributed by atoms with E-state index in [-0.39, 0.29) is 32.1 Å². The molecule has 4 nitrogen and oxygen atoms in total. The van der Waals surface area contributed by atoms with Crippen molar-refractivity contribution >= 4 is 30.9 Å². The summed E-state index contributed by atoms with van der Waals surface area (Å²) in [7, 11) is -3.48. The van der Waals surface area contributed by atoms with E-state index < -0.39 is 19.9 Å². The highest BCUT2D eigenvalue weighted by Crippen LogP contribution is 2.47. The highest BCUT2D eigenvalue weighted by Gasteiger charge is 2.32. The van der Waals surface area contributed by atoms with Crippen LogP contribution in [0.3, 0.4) is 0 Å². The molecule has 1 saturated heterocycles. The first kappa shape index (κ1) is 7.88. The molecule has 1 aliphatic rings. The van der Waals surface area contributed by atoms with Crippen molar-refractivity contribution in [3.8, 4) is 0 Å². The molecule has 1 heterocycles. The first-order chi connectivity index (χ1) is 8.08. The van der Waals surface area contributed by atoms with E-state index in [0.717, 1.165) is 0 Å². The summed E-state index contributed by atoms with van der Waals surface area (Å²) in [6.07, 6.45) is -1.60. The van der Waals surface area contributed by atoms with Crippen molar-refractivity contribution in [3.63, 3.8) is 0 Å². The van der Waals surface area contributed by atoms with Gasteiger partial charge in [-0.15, -0.1) is 23.2 Å². The summed E-state index contributed by atoms with van der Waals surface area (Å²) < 4.78 is 48.1. The molecule has 1 unspecified atom stereocenters. The van der Waals surface area contributed by atoms with Gasteiger partial charge in [0.25, 0.3) is 0 Å². The van der Waals surface area contributed by atoms with Gasteiger partial charge in [-0.25, -0.2) is 9.76 Å². The number of rotatable bonds is 5. The Balaban J connectivity index is 2.76. The molecule has 1 atom stereocenters. The quantitative estimate of drug-likeness (QED) is 0.608. The highest BCUT2D eigenvalue weighted by molar-refractivity contribution is 7.54. The number of hydrogen-bond acceptors (Lipinski definition) is 2. The van der Waals surface area contributed by atoms with Crippen LogP contribution in [0, 0.1) is 0 Å². The smallest absolute Gasteiger partial charge is 0.306 e. The molecule has 1 aliphatic heterocycles. The molecule has 1 rings (SSSR count). The normalized spacial score (nSPS) is 37.1. The molecule has 0 aromatic heterocycles. The van der Waals surface area contributed by atoms with E-state index >= 15 is 0 Å². The number of halogens is 2. The monoisotopic (exact) mass is 264 g/mol. The Kier molecular flexibility index (Phi) is 3.55. The van der Waals surface area contributed by atoms with Crippen molar-refractivity contribution in [2.45, 2.75) is 6.37 Å². The molecule has 0 amide bonds. The summed E-state index contributed by atoms with van der Waals surface area (Å²) in [5.74, 6) is -1.93. The largest absolute Gasteiger partial charge is 0.343 e. The van der Waals surface area contributed by atoms with Crippen LogP contribution in [0.25, 0.3) is 0 Å². The molecule has 0 saturated carbocycles. The van der Waals surface area contributed by atoms with Gasteiger partial charge < -0.3 is 4.52 Å². The van der Waals surface area contributed by atoms with Crippen LogP contribution in [-0.2, 0) is 9.09 Å². The lowest BCUT2D eigenvalue weighted by atomic mass is 10.5. The van der Waals surface area contributed by atoms with Gasteiger partial charge in [0.05, 0.1) is 6.61 Å². The Labute approximate surface area is 100 Å². The molecular weight excluding hydrogens is 246 g/mol. The zero-order valence-corrected chi connectivity index (χ0v) is 9.91. The second-order valence-electron chi connectivity index (χ2n) is 2.59. The fourth-order valence-electron chi connectivity index (χ4n) is 1.04. The van der Waals surface area contributed by atoms with Crippen molar-refractivity contribution in [2.24, 2.45) is 0 Å². The van der Waals surface area contributed by atoms with Gasteiger partial charge in [-0.2, -0.15) is 0 Å². The fraction of sp³-hybridized carbons (Fsp3) is 1.00. The van der Waals surface area contributed by atoms with Crippen molar-refractivity contribution in [1.82, 2.24) is 9.76 Å². The Morgan fingerprint density at radius 2 is 2.43 bits per heavy atom. The molecule has 14 heavy (non-hydrogen) atoms. The summed E-state index contributed by atoms with van der Waals surface area (Å²) in [6, 6.07) is 0. The summed E-state index contributed by atoms with van der Waals surface area (Å²) in [4.78, 5) is 0. The average molecular weight is 265 g/mol. The number of nitrogens with one attached hydrogen (secondary N) is 1. The van der Waals surface area contributed by atoms with Gasteiger partial charge in [0, 0.05) is 36.8 Å². The number of hydrogen-bond donors (Lipinski definition) is 1. The predicted octanol–water partition coefficient (Wildman–Crippen LogP) is 1.88. The van der Waals surface area contributed by atoms with Crippen molar-refractivity contribution in [1.29, 1.82) is 0 Å². The molecule has 84 valence electrons. The van der Waals surface area contributed by atoms with Gasteiger partial charge in [0.2, 0.25) is 0 Å². The lowest BCUT2D eigenvalue weighted by Crippen LogP contribution is -2.35. The van der Waals surface area contributed by atoms with E-state index in [1.165, 1.54) is 4.67 Å². The van der Waals surface area contributed by atoms with Crippen LogP contribution in [0.15, 0.2) is 0 Å². The Bertz CT molecular complexity index is 328. The van der Waals surface area contributed by atoms with Crippen molar-refractivity contribution < 1.29 is 14.6 Å². The minimum Gasteiger partial charge on any atom is -0.306 e. The molecule has 1 N–H and O–H groups in total. The molecular formula is C7H15Cl2N2O2P. The minimum atomic E-state index is -3.48. The van der Waals surface area contributed by atoms with Gasteiger partial charge >= 0.3 is 7.67 Å². The maximum absolute atomic E-state index is 12.4. The van der Waals surface area contributed by atoms with Gasteiger partial charge in [-0.05, 0) is 6.37 Å². The Hall–Kier alpha value is 0.690. The molecule has 0 spiro atoms. The average Bonchev–Trinajstić information content (AvgIpc) is 2.21. The maximum Gasteiger partial charge on any atom is 0.343 e. The highest BCUT2D eigenvalue weighted by atomic mass is 35.5. The van der Waals surface area contributed by atoms with Crippen LogP contribution in [0.1, 0.15) is 11.9 Å². The van der Waals surface area contributed by atoms with E-state index in [1.807, 2.05) is 0 Å². The lowest BCUT2D eigenvalue weighted by molar-refractivity contribution is 0.233. The molecule has 0 aliphatic carbocycles. The number of alkyl halides is 2. The first-order valence-corrected chi connectivity index (χ1v) is 6.57. The molecule has 0 radical (unpaired) electrons. The van der Waals surface area contributed by atoms with E-state index in [0.29, 0.717) is 0 Å². The summed E-state index contributed by atoms with van der Waals surface area (Å²) >= 11 is 11.0. The van der Waals surface area contributed by atoms with Crippen LogP contribution >= 0.6 is 30.9 Å². The Morgan fingerprint density at radius 3 is 2.93 bits per heavy atom. The van der Waals surface area contributed by atoms with Crippen LogP contribution < -0.4 is 5.09 Å². The Morgan fingerprint density at radius 1 is 1.64 bits per heavy atom. The summed E-state index contributed by atoms with van der Waals surface area (Å²) in [5.41, 5.74) is 0. The minimum absolute atomic E-state index is 0.126. The number of nitrogens with zero attached hydrogens (tertiary/aromatic N) is 1. The lowest BCUT2D eigenvalue weighted by Gasteiger charge is -2.33. The van der Waals surface area contributed by atoms with E-state index in [9.17, 15) is 4.57 Å². The van der Waals surface area contributed by atoms with Gasteiger partial charge in [-0.1, -0.05) is 0 Å². The molecule has 7 heteroatoms. The van der Waals surface area contributed by atoms with Crippen LogP contribution in [-0.4, -0.2) is 42.6 Å². The fourth-order valence-corrected chi connectivity index (χ4v) is 3.24. The van der Waals surface area contributed by atoms with E-state index in [2.05, 4.69) is 5.09 Å². The zero-order valence-electron chi connectivity index (χ0n) is 11.5.